The third kappa shape index (κ3) is 7.70. The number of rotatable bonds is 11. The summed E-state index contributed by atoms with van der Waals surface area (Å²) in [5, 5.41) is 3.84. The molecule has 0 radical (unpaired) electrons. The van der Waals surface area contributed by atoms with Crippen molar-refractivity contribution in [2.75, 3.05) is 20.1 Å². The lowest BCUT2D eigenvalue weighted by molar-refractivity contribution is -0.141. The van der Waals surface area contributed by atoms with Gasteiger partial charge in [0.15, 0.2) is 0 Å². The number of hydrogen-bond donors (Lipinski definition) is 1. The maximum absolute atomic E-state index is 13.4. The van der Waals surface area contributed by atoms with E-state index in [1.807, 2.05) is 20.8 Å². The Balaban J connectivity index is 2.30. The zero-order valence-corrected chi connectivity index (χ0v) is 22.1. The molecule has 0 fully saturated rings. The summed E-state index contributed by atoms with van der Waals surface area (Å²) in [5.74, 6) is -0.513. The first-order valence-electron chi connectivity index (χ1n) is 11.0. The Labute approximate surface area is 212 Å². The minimum Gasteiger partial charge on any atom is -0.354 e. The fourth-order valence-corrected chi connectivity index (χ4v) is 4.65. The van der Waals surface area contributed by atoms with Gasteiger partial charge in [-0.25, -0.2) is 8.42 Å². The Bertz CT molecular complexity index is 1070. The van der Waals surface area contributed by atoms with Gasteiger partial charge in [-0.2, -0.15) is 4.31 Å². The number of likely N-dealkylation sites (N-methyl/N-ethyl adjacent to an activating group) is 1. The number of carbonyl (C=O) groups excluding carboxylic acids is 2. The molecule has 2 aromatic rings. The molecule has 2 rings (SSSR count). The van der Waals surface area contributed by atoms with Crippen LogP contribution in [0.1, 0.15) is 32.8 Å². The van der Waals surface area contributed by atoms with Crippen molar-refractivity contribution in [2.24, 2.45) is 5.92 Å². The highest BCUT2D eigenvalue weighted by molar-refractivity contribution is 7.89. The maximum atomic E-state index is 13.4. The van der Waals surface area contributed by atoms with Crippen molar-refractivity contribution in [3.63, 3.8) is 0 Å². The lowest BCUT2D eigenvalue weighted by Gasteiger charge is -2.32. The third-order valence-corrected chi connectivity index (χ3v) is 7.54. The summed E-state index contributed by atoms with van der Waals surface area (Å²) in [4.78, 5) is 27.8. The van der Waals surface area contributed by atoms with Crippen molar-refractivity contribution in [1.82, 2.24) is 14.5 Å². The summed E-state index contributed by atoms with van der Waals surface area (Å²) in [6.07, 6.45) is 0.372. The first-order valence-corrected chi connectivity index (χ1v) is 13.2. The SMILES string of the molecule is CC[C@H](C(=O)NCC(C)C)N(Cc1ccc(Cl)cc1)C(=O)CN(C)S(=O)(=O)c1ccc(Cl)cc1. The third-order valence-electron chi connectivity index (χ3n) is 5.22. The average Bonchev–Trinajstić information content (AvgIpc) is 2.79. The lowest BCUT2D eigenvalue weighted by atomic mass is 10.1. The summed E-state index contributed by atoms with van der Waals surface area (Å²) >= 11 is 11.8. The summed E-state index contributed by atoms with van der Waals surface area (Å²) in [5.41, 5.74) is 0.774. The molecule has 0 bridgehead atoms. The van der Waals surface area contributed by atoms with Crippen LogP contribution >= 0.6 is 23.2 Å². The monoisotopic (exact) mass is 527 g/mol. The number of amides is 2. The normalized spacial score (nSPS) is 12.6. The van der Waals surface area contributed by atoms with Crippen LogP contribution in [0.5, 0.6) is 0 Å². The number of sulfonamides is 1. The van der Waals surface area contributed by atoms with E-state index in [4.69, 9.17) is 23.2 Å². The van der Waals surface area contributed by atoms with Crippen molar-refractivity contribution in [3.8, 4) is 0 Å². The molecule has 186 valence electrons. The highest BCUT2D eigenvalue weighted by Crippen LogP contribution is 2.19. The molecule has 2 aromatic carbocycles. The van der Waals surface area contributed by atoms with Crippen molar-refractivity contribution in [1.29, 1.82) is 0 Å². The summed E-state index contributed by atoms with van der Waals surface area (Å²) in [6, 6.07) is 11.9. The Morgan fingerprint density at radius 3 is 2.00 bits per heavy atom. The minimum atomic E-state index is -3.93. The lowest BCUT2D eigenvalue weighted by Crippen LogP contribution is -2.52. The number of nitrogens with one attached hydrogen (secondary N) is 1. The maximum Gasteiger partial charge on any atom is 0.243 e. The number of carbonyl (C=O) groups is 2. The fourth-order valence-electron chi connectivity index (χ4n) is 3.28. The summed E-state index contributed by atoms with van der Waals surface area (Å²) in [6.45, 7) is 5.97. The van der Waals surface area contributed by atoms with Crippen molar-refractivity contribution >= 4 is 45.0 Å². The van der Waals surface area contributed by atoms with Gasteiger partial charge in [0.05, 0.1) is 11.4 Å². The molecule has 34 heavy (non-hydrogen) atoms. The largest absolute Gasteiger partial charge is 0.354 e. The highest BCUT2D eigenvalue weighted by Gasteiger charge is 2.31. The molecule has 2 amide bonds. The van der Waals surface area contributed by atoms with Gasteiger partial charge in [-0.3, -0.25) is 9.59 Å². The Kier molecular flexibility index (Phi) is 10.4. The molecule has 0 aliphatic rings. The van der Waals surface area contributed by atoms with Gasteiger partial charge >= 0.3 is 0 Å². The van der Waals surface area contributed by atoms with E-state index in [0.29, 0.717) is 23.0 Å². The second kappa shape index (κ2) is 12.5. The van der Waals surface area contributed by atoms with Crippen LogP contribution in [0, 0.1) is 5.92 Å². The van der Waals surface area contributed by atoms with Gasteiger partial charge in [0, 0.05) is 30.2 Å². The van der Waals surface area contributed by atoms with Gasteiger partial charge < -0.3 is 10.2 Å². The fraction of sp³-hybridized carbons (Fsp3) is 0.417. The van der Waals surface area contributed by atoms with Crippen molar-refractivity contribution in [2.45, 2.75) is 44.7 Å². The topological polar surface area (TPSA) is 86.8 Å². The first-order chi connectivity index (χ1) is 15.9. The van der Waals surface area contributed by atoms with Crippen LogP contribution in [0.4, 0.5) is 0 Å². The zero-order chi connectivity index (χ0) is 25.5. The second-order valence-electron chi connectivity index (χ2n) is 8.43. The van der Waals surface area contributed by atoms with E-state index in [2.05, 4.69) is 5.32 Å². The van der Waals surface area contributed by atoms with E-state index in [9.17, 15) is 18.0 Å². The van der Waals surface area contributed by atoms with Gasteiger partial charge in [0.2, 0.25) is 21.8 Å². The number of benzene rings is 2. The molecule has 0 spiro atoms. The molecule has 1 N–H and O–H groups in total. The molecule has 0 aromatic heterocycles. The number of nitrogens with zero attached hydrogens (tertiary/aromatic N) is 2. The molecule has 0 heterocycles. The van der Waals surface area contributed by atoms with E-state index in [1.165, 1.54) is 36.2 Å². The quantitative estimate of drug-likeness (QED) is 0.474. The van der Waals surface area contributed by atoms with Crippen LogP contribution in [0.2, 0.25) is 10.0 Å². The molecule has 0 saturated heterocycles. The van der Waals surface area contributed by atoms with Gasteiger partial charge in [-0.1, -0.05) is 56.1 Å². The van der Waals surface area contributed by atoms with Crippen LogP contribution < -0.4 is 5.32 Å². The van der Waals surface area contributed by atoms with E-state index < -0.39 is 28.5 Å². The van der Waals surface area contributed by atoms with Crippen molar-refractivity contribution < 1.29 is 18.0 Å². The van der Waals surface area contributed by atoms with Crippen LogP contribution in [-0.2, 0) is 26.2 Å². The van der Waals surface area contributed by atoms with E-state index in [-0.39, 0.29) is 23.3 Å². The predicted molar refractivity (Wildman–Crippen MR) is 135 cm³/mol. The van der Waals surface area contributed by atoms with Crippen LogP contribution in [0.3, 0.4) is 0 Å². The van der Waals surface area contributed by atoms with Gasteiger partial charge in [0.25, 0.3) is 0 Å². The molecular weight excluding hydrogens is 497 g/mol. The van der Waals surface area contributed by atoms with Crippen LogP contribution in [-0.4, -0.2) is 55.6 Å². The van der Waals surface area contributed by atoms with E-state index in [0.717, 1.165) is 9.87 Å². The van der Waals surface area contributed by atoms with Crippen molar-refractivity contribution in [3.05, 3.63) is 64.1 Å². The zero-order valence-electron chi connectivity index (χ0n) is 19.8. The standard InChI is InChI=1S/C24H31Cl2N3O4S/c1-5-22(24(31)27-14-17(2)3)29(15-18-6-8-19(25)9-7-18)23(30)16-28(4)34(32,33)21-12-10-20(26)11-13-21/h6-13,17,22H,5,14-16H2,1-4H3,(H,27,31)/t22-/m1/s1. The van der Waals surface area contributed by atoms with Crippen LogP contribution in [0.25, 0.3) is 0 Å². The molecule has 10 heteroatoms. The smallest absolute Gasteiger partial charge is 0.243 e. The van der Waals surface area contributed by atoms with Crippen LogP contribution in [0.15, 0.2) is 53.4 Å². The second-order valence-corrected chi connectivity index (χ2v) is 11.3. The highest BCUT2D eigenvalue weighted by atomic mass is 35.5. The molecule has 0 unspecified atom stereocenters. The molecule has 0 aliphatic carbocycles. The van der Waals surface area contributed by atoms with Gasteiger partial charge in [0.1, 0.15) is 6.04 Å². The molecule has 0 aliphatic heterocycles. The number of hydrogen-bond acceptors (Lipinski definition) is 4. The predicted octanol–water partition coefficient (Wildman–Crippen LogP) is 4.19. The van der Waals surface area contributed by atoms with E-state index in [1.54, 1.807) is 24.3 Å². The Hall–Kier alpha value is -2.13. The molecule has 1 atom stereocenters. The summed E-state index contributed by atoms with van der Waals surface area (Å²) < 4.78 is 26.9. The Morgan fingerprint density at radius 1 is 0.971 bits per heavy atom. The first kappa shape index (κ1) is 28.1. The minimum absolute atomic E-state index is 0.0261. The molecule has 7 nitrogen and oxygen atoms in total. The number of halogens is 2. The van der Waals surface area contributed by atoms with E-state index >= 15 is 0 Å². The average molecular weight is 529 g/mol. The summed E-state index contributed by atoms with van der Waals surface area (Å²) in [7, 11) is -2.59. The Morgan fingerprint density at radius 2 is 1.50 bits per heavy atom. The van der Waals surface area contributed by atoms with Gasteiger partial charge in [-0.15, -0.1) is 0 Å². The molecule has 0 saturated carbocycles. The van der Waals surface area contributed by atoms with Gasteiger partial charge in [-0.05, 0) is 54.3 Å². The molecular formula is C24H31Cl2N3O4S.